The smallest absolute Gasteiger partial charge is 0.259 e. The zero-order chi connectivity index (χ0) is 18.7. The number of nitrogens with zero attached hydrogens (tertiary/aromatic N) is 4. The maximum Gasteiger partial charge on any atom is 0.259 e. The van der Waals surface area contributed by atoms with E-state index in [9.17, 15) is 9.18 Å². The predicted octanol–water partition coefficient (Wildman–Crippen LogP) is 3.84. The van der Waals surface area contributed by atoms with Gasteiger partial charge >= 0.3 is 0 Å². The Labute approximate surface area is 152 Å². The summed E-state index contributed by atoms with van der Waals surface area (Å²) in [5, 5.41) is 4.31. The highest BCUT2D eigenvalue weighted by Crippen LogP contribution is 2.23. The Morgan fingerprint density at radius 2 is 1.92 bits per heavy atom. The minimum absolute atomic E-state index is 0.165. The van der Waals surface area contributed by atoms with Crippen LogP contribution in [0.4, 0.5) is 4.39 Å². The largest absolute Gasteiger partial charge is 0.335 e. The Bertz CT molecular complexity index is 927. The number of hydrogen-bond acceptors (Lipinski definition) is 2. The summed E-state index contributed by atoms with van der Waals surface area (Å²) >= 11 is 0. The number of halogens is 1. The van der Waals surface area contributed by atoms with Crippen molar-refractivity contribution >= 4 is 5.91 Å². The van der Waals surface area contributed by atoms with Crippen LogP contribution in [0.25, 0.3) is 11.5 Å². The van der Waals surface area contributed by atoms with Gasteiger partial charge in [0.05, 0.1) is 6.20 Å². The van der Waals surface area contributed by atoms with Crippen molar-refractivity contribution in [1.29, 1.82) is 0 Å². The number of carbonyl (C=O) groups is 1. The second-order valence-electron chi connectivity index (χ2n) is 6.11. The minimum Gasteiger partial charge on any atom is -0.335 e. The Morgan fingerprint density at radius 3 is 2.54 bits per heavy atom. The average Bonchev–Trinajstić information content (AvgIpc) is 3.28. The summed E-state index contributed by atoms with van der Waals surface area (Å²) in [6, 6.07) is 10.1. The zero-order valence-corrected chi connectivity index (χ0v) is 14.9. The van der Waals surface area contributed by atoms with Crippen LogP contribution in [0, 0.1) is 5.82 Å². The van der Waals surface area contributed by atoms with Crippen molar-refractivity contribution < 1.29 is 9.18 Å². The minimum atomic E-state index is -0.405. The van der Waals surface area contributed by atoms with Gasteiger partial charge in [-0.2, -0.15) is 5.10 Å². The number of likely N-dealkylation sites (N-methyl/N-ethyl adjacent to an activating group) is 1. The molecule has 1 amide bonds. The molecule has 0 N–H and O–H groups in total. The van der Waals surface area contributed by atoms with E-state index in [4.69, 9.17) is 0 Å². The van der Waals surface area contributed by atoms with Crippen LogP contribution >= 0.6 is 0 Å². The maximum absolute atomic E-state index is 14.3. The highest BCUT2D eigenvalue weighted by atomic mass is 19.1. The predicted molar refractivity (Wildman–Crippen MR) is 99.2 cm³/mol. The maximum atomic E-state index is 14.3. The van der Waals surface area contributed by atoms with Gasteiger partial charge < -0.3 is 9.47 Å². The third-order valence-corrected chi connectivity index (χ3v) is 4.03. The first-order valence-corrected chi connectivity index (χ1v) is 8.42. The second-order valence-corrected chi connectivity index (χ2v) is 6.11. The summed E-state index contributed by atoms with van der Waals surface area (Å²) < 4.78 is 17.5. The topological polar surface area (TPSA) is 43.1 Å². The van der Waals surface area contributed by atoms with Crippen LogP contribution < -0.4 is 0 Å². The highest BCUT2D eigenvalue weighted by Gasteiger charge is 2.24. The Balaban J connectivity index is 2.14. The lowest BCUT2D eigenvalue weighted by atomic mass is 10.2. The van der Waals surface area contributed by atoms with Crippen LogP contribution in [0.1, 0.15) is 24.2 Å². The molecule has 1 aromatic carbocycles. The molecule has 3 rings (SSSR count). The van der Waals surface area contributed by atoms with Crippen LogP contribution in [0.5, 0.6) is 0 Å². The molecule has 134 valence electrons. The molecule has 0 unspecified atom stereocenters. The number of hydrogen-bond donors (Lipinski definition) is 0. The summed E-state index contributed by atoms with van der Waals surface area (Å²) in [6.45, 7) is 8.69. The summed E-state index contributed by atoms with van der Waals surface area (Å²) in [4.78, 5) is 14.8. The molecule has 6 heteroatoms. The summed E-state index contributed by atoms with van der Waals surface area (Å²) in [5.41, 5.74) is 1.59. The molecule has 0 aliphatic heterocycles. The van der Waals surface area contributed by atoms with Crippen molar-refractivity contribution in [3.63, 3.8) is 0 Å². The lowest BCUT2D eigenvalue weighted by molar-refractivity contribution is 0.0778. The quantitative estimate of drug-likeness (QED) is 0.633. The van der Waals surface area contributed by atoms with Crippen molar-refractivity contribution in [2.24, 2.45) is 0 Å². The van der Waals surface area contributed by atoms with Gasteiger partial charge in [-0.05, 0) is 38.1 Å². The van der Waals surface area contributed by atoms with Crippen molar-refractivity contribution in [1.82, 2.24) is 19.2 Å². The highest BCUT2D eigenvalue weighted by molar-refractivity contribution is 5.97. The molecule has 3 aromatic rings. The van der Waals surface area contributed by atoms with Gasteiger partial charge in [-0.3, -0.25) is 4.79 Å². The van der Waals surface area contributed by atoms with E-state index in [0.29, 0.717) is 24.5 Å². The molecule has 0 bridgehead atoms. The molecule has 26 heavy (non-hydrogen) atoms. The third kappa shape index (κ3) is 3.31. The van der Waals surface area contributed by atoms with E-state index in [1.54, 1.807) is 40.1 Å². The first-order valence-electron chi connectivity index (χ1n) is 8.42. The number of carbonyl (C=O) groups excluding carboxylic acids is 1. The summed E-state index contributed by atoms with van der Waals surface area (Å²) in [7, 11) is 0. The monoisotopic (exact) mass is 352 g/mol. The first kappa shape index (κ1) is 17.7. The first-order chi connectivity index (χ1) is 12.5. The molecule has 2 heterocycles. The molecular weight excluding hydrogens is 331 g/mol. The molecule has 0 aliphatic carbocycles. The van der Waals surface area contributed by atoms with E-state index in [1.165, 1.54) is 16.9 Å². The van der Waals surface area contributed by atoms with E-state index >= 15 is 0 Å². The molecule has 0 aliphatic rings. The fourth-order valence-corrected chi connectivity index (χ4v) is 2.84. The SMILES string of the molecule is C=C(C)CN(CC)C(=O)c1cnn(-c2ccccc2F)c1-n1cccc1. The number of rotatable bonds is 6. The van der Waals surface area contributed by atoms with Crippen molar-refractivity contribution in [2.45, 2.75) is 13.8 Å². The normalized spacial score (nSPS) is 10.7. The lowest BCUT2D eigenvalue weighted by Crippen LogP contribution is -2.32. The van der Waals surface area contributed by atoms with Gasteiger partial charge in [0, 0.05) is 25.5 Å². The van der Waals surface area contributed by atoms with Gasteiger partial charge in [0.15, 0.2) is 5.82 Å². The van der Waals surface area contributed by atoms with Crippen LogP contribution in [-0.4, -0.2) is 38.2 Å². The van der Waals surface area contributed by atoms with E-state index in [2.05, 4.69) is 11.7 Å². The van der Waals surface area contributed by atoms with Gasteiger partial charge in [-0.1, -0.05) is 24.3 Å². The third-order valence-electron chi connectivity index (χ3n) is 4.03. The molecule has 0 spiro atoms. The fraction of sp³-hybridized carbons (Fsp3) is 0.200. The van der Waals surface area contributed by atoms with Crippen molar-refractivity contribution in [2.75, 3.05) is 13.1 Å². The van der Waals surface area contributed by atoms with Crippen LogP contribution in [0.2, 0.25) is 0 Å². The average molecular weight is 352 g/mol. The second kappa shape index (κ2) is 7.39. The van der Waals surface area contributed by atoms with Crippen LogP contribution in [0.15, 0.2) is 67.1 Å². The molecule has 0 saturated heterocycles. The van der Waals surface area contributed by atoms with E-state index < -0.39 is 5.82 Å². The Hall–Kier alpha value is -3.15. The lowest BCUT2D eigenvalue weighted by Gasteiger charge is -2.21. The van der Waals surface area contributed by atoms with Crippen molar-refractivity contribution in [3.05, 3.63) is 78.5 Å². The molecule has 0 fully saturated rings. The van der Waals surface area contributed by atoms with Gasteiger partial charge in [0.25, 0.3) is 5.91 Å². The van der Waals surface area contributed by atoms with E-state index in [1.807, 2.05) is 26.0 Å². The van der Waals surface area contributed by atoms with Crippen molar-refractivity contribution in [3.8, 4) is 11.5 Å². The van der Waals surface area contributed by atoms with E-state index in [-0.39, 0.29) is 11.6 Å². The number of amides is 1. The van der Waals surface area contributed by atoms with Gasteiger partial charge in [-0.15, -0.1) is 0 Å². The van der Waals surface area contributed by atoms with Crippen LogP contribution in [0.3, 0.4) is 0 Å². The zero-order valence-electron chi connectivity index (χ0n) is 14.9. The van der Waals surface area contributed by atoms with Gasteiger partial charge in [0.2, 0.25) is 0 Å². The summed E-state index contributed by atoms with van der Waals surface area (Å²) in [6.07, 6.45) is 5.10. The molecule has 0 saturated carbocycles. The van der Waals surface area contributed by atoms with Gasteiger partial charge in [-0.25, -0.2) is 9.07 Å². The summed E-state index contributed by atoms with van der Waals surface area (Å²) in [5.74, 6) is -0.0654. The number of para-hydroxylation sites is 1. The molecule has 2 aromatic heterocycles. The standard InChI is InChI=1S/C20H21FN4O/c1-4-23(14-15(2)3)20(26)16-13-22-25(18-10-6-5-9-17(18)21)19(16)24-11-7-8-12-24/h5-13H,2,4,14H2,1,3H3. The number of aromatic nitrogens is 3. The van der Waals surface area contributed by atoms with Gasteiger partial charge in [0.1, 0.15) is 17.1 Å². The van der Waals surface area contributed by atoms with Crippen LogP contribution in [-0.2, 0) is 0 Å². The molecule has 0 radical (unpaired) electrons. The molecule has 0 atom stereocenters. The van der Waals surface area contributed by atoms with E-state index in [0.717, 1.165) is 5.57 Å². The Kier molecular flexibility index (Phi) is 5.02. The molecule has 5 nitrogen and oxygen atoms in total. The number of benzene rings is 1. The Morgan fingerprint density at radius 1 is 1.23 bits per heavy atom. The fourth-order valence-electron chi connectivity index (χ4n) is 2.84. The molecular formula is C20H21FN4O.